The monoisotopic (exact) mass is 423 g/mol. The van der Waals surface area contributed by atoms with Crippen LogP contribution in [0.3, 0.4) is 0 Å². The second kappa shape index (κ2) is 9.65. The molecule has 0 aliphatic carbocycles. The van der Waals surface area contributed by atoms with E-state index in [4.69, 9.17) is 16.1 Å². The lowest BCUT2D eigenvalue weighted by Gasteiger charge is -2.25. The number of carbonyl (C=O) groups excluding carboxylic acids is 1. The molecule has 0 spiro atoms. The van der Waals surface area contributed by atoms with Crippen LogP contribution in [-0.2, 0) is 17.8 Å². The Morgan fingerprint density at radius 3 is 2.83 bits per heavy atom. The molecule has 8 heteroatoms. The summed E-state index contributed by atoms with van der Waals surface area (Å²) in [5.41, 5.74) is 2.99. The highest BCUT2D eigenvalue weighted by molar-refractivity contribution is 6.30. The number of aryl methyl sites for hydroxylation is 1. The second-order valence-corrected chi connectivity index (χ2v) is 7.58. The Balaban J connectivity index is 1.27. The average Bonchev–Trinajstić information content (AvgIpc) is 3.24. The van der Waals surface area contributed by atoms with Crippen molar-refractivity contribution < 1.29 is 9.32 Å². The van der Waals surface area contributed by atoms with Crippen LogP contribution in [-0.4, -0.2) is 39.0 Å². The average molecular weight is 424 g/mol. The molecule has 0 bridgehead atoms. The van der Waals surface area contributed by atoms with Gasteiger partial charge in [0.1, 0.15) is 0 Å². The number of amides is 1. The largest absolute Gasteiger partial charge is 0.339 e. The molecule has 3 heterocycles. The summed E-state index contributed by atoms with van der Waals surface area (Å²) in [6.07, 6.45) is 6.93. The van der Waals surface area contributed by atoms with Crippen molar-refractivity contribution in [2.75, 3.05) is 18.4 Å². The topological polar surface area (TPSA) is 84.2 Å². The summed E-state index contributed by atoms with van der Waals surface area (Å²) >= 11 is 5.95. The van der Waals surface area contributed by atoms with Gasteiger partial charge < -0.3 is 9.84 Å². The van der Waals surface area contributed by atoms with E-state index < -0.39 is 0 Å². The minimum absolute atomic E-state index is 0.113. The molecular weight excluding hydrogens is 402 g/mol. The number of halogens is 1. The van der Waals surface area contributed by atoms with Crippen LogP contribution in [0.5, 0.6) is 0 Å². The maximum atomic E-state index is 12.0. The molecule has 0 atom stereocenters. The van der Waals surface area contributed by atoms with Gasteiger partial charge in [-0.05, 0) is 41.8 Å². The van der Waals surface area contributed by atoms with Crippen LogP contribution in [0.25, 0.3) is 5.57 Å². The van der Waals surface area contributed by atoms with Crippen molar-refractivity contribution in [1.29, 1.82) is 0 Å². The molecule has 2 aromatic heterocycles. The van der Waals surface area contributed by atoms with E-state index in [-0.39, 0.29) is 12.3 Å². The van der Waals surface area contributed by atoms with E-state index in [9.17, 15) is 4.79 Å². The van der Waals surface area contributed by atoms with Gasteiger partial charge in [-0.2, -0.15) is 4.98 Å². The van der Waals surface area contributed by atoms with Crippen LogP contribution in [0.2, 0.25) is 5.02 Å². The smallest absolute Gasteiger partial charge is 0.227 e. The first-order chi connectivity index (χ1) is 14.7. The maximum Gasteiger partial charge on any atom is 0.227 e. The van der Waals surface area contributed by atoms with Crippen LogP contribution in [0.1, 0.15) is 30.1 Å². The van der Waals surface area contributed by atoms with Crippen LogP contribution in [0.4, 0.5) is 5.69 Å². The van der Waals surface area contributed by atoms with E-state index in [0.717, 1.165) is 36.7 Å². The number of rotatable bonds is 7. The number of nitrogens with one attached hydrogen (secondary N) is 1. The Bertz CT molecular complexity index is 1020. The molecule has 0 fully saturated rings. The first-order valence-electron chi connectivity index (χ1n) is 9.84. The van der Waals surface area contributed by atoms with Gasteiger partial charge in [-0.25, -0.2) is 0 Å². The Kier molecular flexibility index (Phi) is 6.51. The lowest BCUT2D eigenvalue weighted by molar-refractivity contribution is -0.116. The maximum absolute atomic E-state index is 12.0. The van der Waals surface area contributed by atoms with Gasteiger partial charge in [-0.15, -0.1) is 0 Å². The predicted octanol–water partition coefficient (Wildman–Crippen LogP) is 3.98. The Labute approximate surface area is 179 Å². The summed E-state index contributed by atoms with van der Waals surface area (Å²) < 4.78 is 5.33. The summed E-state index contributed by atoms with van der Waals surface area (Å²) in [7, 11) is 0. The van der Waals surface area contributed by atoms with Crippen molar-refractivity contribution in [1.82, 2.24) is 20.0 Å². The zero-order valence-electron chi connectivity index (χ0n) is 16.4. The summed E-state index contributed by atoms with van der Waals surface area (Å²) in [4.78, 5) is 22.8. The standard InChI is InChI=1S/C22H22ClN5O2/c23-18-5-3-16(4-6-18)15-28-12-9-17(10-13-28)22-26-21(30-27-22)8-7-20(29)25-19-2-1-11-24-14-19/h1-6,9,11,14H,7-8,10,12-13,15H2,(H,25,29). The predicted molar refractivity (Wildman–Crippen MR) is 115 cm³/mol. The number of pyridine rings is 1. The van der Waals surface area contributed by atoms with Gasteiger partial charge in [0.05, 0.1) is 11.9 Å². The van der Waals surface area contributed by atoms with E-state index in [1.165, 1.54) is 5.56 Å². The quantitative estimate of drug-likeness (QED) is 0.618. The number of anilines is 1. The van der Waals surface area contributed by atoms with Crippen LogP contribution in [0, 0.1) is 0 Å². The third kappa shape index (κ3) is 5.52. The molecule has 0 saturated heterocycles. The van der Waals surface area contributed by atoms with E-state index in [1.807, 2.05) is 12.1 Å². The van der Waals surface area contributed by atoms with Gasteiger partial charge in [-0.3, -0.25) is 14.7 Å². The molecule has 4 rings (SSSR count). The van der Waals surface area contributed by atoms with Crippen molar-refractivity contribution in [3.8, 4) is 0 Å². The van der Waals surface area contributed by atoms with Crippen LogP contribution >= 0.6 is 11.6 Å². The van der Waals surface area contributed by atoms with E-state index in [1.54, 1.807) is 24.5 Å². The first kappa shape index (κ1) is 20.3. The summed E-state index contributed by atoms with van der Waals surface area (Å²) in [6, 6.07) is 11.5. The fourth-order valence-electron chi connectivity index (χ4n) is 3.27. The minimum Gasteiger partial charge on any atom is -0.339 e. The molecule has 1 aliphatic heterocycles. The van der Waals surface area contributed by atoms with Crippen molar-refractivity contribution in [2.24, 2.45) is 0 Å². The molecule has 7 nitrogen and oxygen atoms in total. The second-order valence-electron chi connectivity index (χ2n) is 7.14. The molecule has 0 saturated carbocycles. The molecule has 1 N–H and O–H groups in total. The zero-order valence-corrected chi connectivity index (χ0v) is 17.2. The Hall–Kier alpha value is -3.03. The number of carbonyl (C=O) groups is 1. The normalized spacial score (nSPS) is 14.4. The molecule has 1 aliphatic rings. The number of hydrogen-bond donors (Lipinski definition) is 1. The third-order valence-electron chi connectivity index (χ3n) is 4.88. The fourth-order valence-corrected chi connectivity index (χ4v) is 3.40. The van der Waals surface area contributed by atoms with Gasteiger partial charge in [-0.1, -0.05) is 35.0 Å². The van der Waals surface area contributed by atoms with E-state index >= 15 is 0 Å². The summed E-state index contributed by atoms with van der Waals surface area (Å²) in [6.45, 7) is 2.63. The first-order valence-corrected chi connectivity index (χ1v) is 10.2. The van der Waals surface area contributed by atoms with Crippen LogP contribution in [0.15, 0.2) is 59.4 Å². The molecule has 1 amide bonds. The van der Waals surface area contributed by atoms with E-state index in [0.29, 0.717) is 23.8 Å². The number of hydrogen-bond acceptors (Lipinski definition) is 6. The highest BCUT2D eigenvalue weighted by atomic mass is 35.5. The molecular formula is C22H22ClN5O2. The Morgan fingerprint density at radius 2 is 2.10 bits per heavy atom. The van der Waals surface area contributed by atoms with E-state index in [2.05, 4.69) is 43.6 Å². The fraction of sp³-hybridized carbons (Fsp3) is 0.273. The SMILES string of the molecule is O=C(CCc1nc(C2=CCN(Cc3ccc(Cl)cc3)CC2)no1)Nc1cccnc1. The van der Waals surface area contributed by atoms with Crippen LogP contribution < -0.4 is 5.32 Å². The highest BCUT2D eigenvalue weighted by Crippen LogP contribution is 2.22. The minimum atomic E-state index is -0.113. The molecule has 1 aromatic carbocycles. The van der Waals surface area contributed by atoms with Gasteiger partial charge >= 0.3 is 0 Å². The number of aromatic nitrogens is 3. The Morgan fingerprint density at radius 1 is 1.23 bits per heavy atom. The molecule has 3 aromatic rings. The van der Waals surface area contributed by atoms with Gasteiger partial charge in [0, 0.05) is 43.7 Å². The van der Waals surface area contributed by atoms with Crippen molar-refractivity contribution in [3.63, 3.8) is 0 Å². The molecule has 154 valence electrons. The lowest BCUT2D eigenvalue weighted by Crippen LogP contribution is -2.28. The van der Waals surface area contributed by atoms with Gasteiger partial charge in [0.2, 0.25) is 11.8 Å². The molecule has 0 radical (unpaired) electrons. The van der Waals surface area contributed by atoms with Crippen molar-refractivity contribution in [2.45, 2.75) is 25.8 Å². The number of benzene rings is 1. The highest BCUT2D eigenvalue weighted by Gasteiger charge is 2.18. The van der Waals surface area contributed by atoms with Crippen molar-refractivity contribution in [3.05, 3.63) is 77.2 Å². The van der Waals surface area contributed by atoms with Crippen molar-refractivity contribution >= 4 is 28.8 Å². The summed E-state index contributed by atoms with van der Waals surface area (Å²) in [5.74, 6) is 0.970. The summed E-state index contributed by atoms with van der Waals surface area (Å²) in [5, 5.41) is 7.64. The third-order valence-corrected chi connectivity index (χ3v) is 5.13. The molecule has 30 heavy (non-hydrogen) atoms. The lowest BCUT2D eigenvalue weighted by atomic mass is 10.1. The van der Waals surface area contributed by atoms with Gasteiger partial charge in [0.15, 0.2) is 5.82 Å². The molecule has 0 unspecified atom stereocenters. The number of nitrogens with zero attached hydrogens (tertiary/aromatic N) is 4. The zero-order chi connectivity index (χ0) is 20.8. The van der Waals surface area contributed by atoms with Gasteiger partial charge in [0.25, 0.3) is 0 Å².